The number of halogens is 1. The first kappa shape index (κ1) is 23.1. The van der Waals surface area contributed by atoms with Crippen molar-refractivity contribution in [1.82, 2.24) is 15.6 Å². The average molecular weight is 512 g/mol. The molecule has 1 aromatic carbocycles. The van der Waals surface area contributed by atoms with Gasteiger partial charge in [0.25, 0.3) is 0 Å². The van der Waals surface area contributed by atoms with Crippen molar-refractivity contribution < 1.29 is 14.2 Å². The molecule has 8 heteroatoms. The normalized spacial score (nSPS) is 15.4. The highest BCUT2D eigenvalue weighted by Crippen LogP contribution is 2.30. The maximum Gasteiger partial charge on any atom is 0.213 e. The van der Waals surface area contributed by atoms with E-state index in [1.54, 1.807) is 6.20 Å². The molecule has 0 radical (unpaired) electrons. The van der Waals surface area contributed by atoms with Crippen molar-refractivity contribution in [2.75, 3.05) is 19.7 Å². The predicted octanol–water partition coefficient (Wildman–Crippen LogP) is 3.38. The Morgan fingerprint density at radius 1 is 1.21 bits per heavy atom. The maximum absolute atomic E-state index is 5.97. The quantitative estimate of drug-likeness (QED) is 0.337. The van der Waals surface area contributed by atoms with E-state index in [2.05, 4.69) is 20.6 Å². The van der Waals surface area contributed by atoms with Crippen LogP contribution in [0.1, 0.15) is 26.3 Å². The molecule has 0 fully saturated rings. The Morgan fingerprint density at radius 3 is 2.69 bits per heavy atom. The first-order valence-corrected chi connectivity index (χ1v) is 9.66. The molecule has 1 atom stereocenters. The van der Waals surface area contributed by atoms with Crippen LogP contribution in [0.15, 0.2) is 47.6 Å². The second kappa shape index (κ2) is 11.7. The first-order valence-electron chi connectivity index (χ1n) is 9.66. The van der Waals surface area contributed by atoms with E-state index in [9.17, 15) is 0 Å². The van der Waals surface area contributed by atoms with Gasteiger partial charge in [0, 0.05) is 18.8 Å². The van der Waals surface area contributed by atoms with Gasteiger partial charge in [0.05, 0.1) is 19.2 Å². The van der Waals surface area contributed by atoms with Crippen molar-refractivity contribution in [3.8, 4) is 17.4 Å². The summed E-state index contributed by atoms with van der Waals surface area (Å²) in [5.74, 6) is 2.92. The van der Waals surface area contributed by atoms with Gasteiger partial charge in [-0.05, 0) is 38.5 Å². The Morgan fingerprint density at radius 2 is 2.00 bits per heavy atom. The monoisotopic (exact) mass is 512 g/mol. The molecule has 7 nitrogen and oxygen atoms in total. The lowest BCUT2D eigenvalue weighted by Gasteiger charge is -2.27. The van der Waals surface area contributed by atoms with Crippen molar-refractivity contribution >= 4 is 29.9 Å². The van der Waals surface area contributed by atoms with Crippen molar-refractivity contribution in [3.63, 3.8) is 0 Å². The highest BCUT2D eigenvalue weighted by Gasteiger charge is 2.20. The molecule has 2 heterocycles. The van der Waals surface area contributed by atoms with E-state index < -0.39 is 0 Å². The minimum atomic E-state index is -0.0760. The number of guanidine groups is 1. The van der Waals surface area contributed by atoms with Gasteiger partial charge in [0.2, 0.25) is 5.88 Å². The summed E-state index contributed by atoms with van der Waals surface area (Å²) in [6, 6.07) is 11.6. The third kappa shape index (κ3) is 7.26. The molecule has 158 valence electrons. The topological polar surface area (TPSA) is 77.0 Å². The largest absolute Gasteiger partial charge is 0.486 e. The van der Waals surface area contributed by atoms with Crippen LogP contribution in [-0.2, 0) is 6.54 Å². The van der Waals surface area contributed by atoms with Crippen molar-refractivity contribution in [3.05, 3.63) is 48.2 Å². The van der Waals surface area contributed by atoms with Gasteiger partial charge in [-0.1, -0.05) is 18.2 Å². The molecular formula is C21H29IN4O3. The summed E-state index contributed by atoms with van der Waals surface area (Å²) in [5.41, 5.74) is 1.01. The van der Waals surface area contributed by atoms with Crippen molar-refractivity contribution in [2.45, 2.75) is 39.5 Å². The Labute approximate surface area is 189 Å². The van der Waals surface area contributed by atoms with Crippen LogP contribution in [0.25, 0.3) is 0 Å². The highest BCUT2D eigenvalue weighted by atomic mass is 127. The number of rotatable bonds is 7. The van der Waals surface area contributed by atoms with Crippen LogP contribution in [0.5, 0.6) is 17.4 Å². The van der Waals surface area contributed by atoms with Crippen LogP contribution in [-0.4, -0.2) is 42.8 Å². The Kier molecular flexibility index (Phi) is 9.30. The van der Waals surface area contributed by atoms with Gasteiger partial charge in [-0.2, -0.15) is 0 Å². The van der Waals surface area contributed by atoms with Gasteiger partial charge in [-0.25, -0.2) is 9.98 Å². The SMILES string of the molecule is CCNC(=NCc1ccc(OC(C)C)nc1)NCC1COc2ccccc2O1.I. The van der Waals surface area contributed by atoms with E-state index in [1.807, 2.05) is 57.2 Å². The zero-order valence-corrected chi connectivity index (χ0v) is 19.4. The average Bonchev–Trinajstić information content (AvgIpc) is 2.70. The van der Waals surface area contributed by atoms with Crippen LogP contribution in [0, 0.1) is 0 Å². The fourth-order valence-corrected chi connectivity index (χ4v) is 2.70. The minimum Gasteiger partial charge on any atom is -0.486 e. The van der Waals surface area contributed by atoms with Crippen LogP contribution < -0.4 is 24.8 Å². The molecule has 0 aliphatic carbocycles. The lowest BCUT2D eigenvalue weighted by molar-refractivity contribution is 0.0936. The number of ether oxygens (including phenoxy) is 3. The van der Waals surface area contributed by atoms with Gasteiger partial charge in [-0.3, -0.25) is 0 Å². The molecule has 29 heavy (non-hydrogen) atoms. The van der Waals surface area contributed by atoms with E-state index in [0.29, 0.717) is 25.6 Å². The molecule has 1 aromatic heterocycles. The summed E-state index contributed by atoms with van der Waals surface area (Å²) in [6.07, 6.45) is 1.83. The molecule has 0 saturated carbocycles. The fraction of sp³-hybridized carbons (Fsp3) is 0.429. The molecule has 1 unspecified atom stereocenters. The molecule has 0 spiro atoms. The zero-order chi connectivity index (χ0) is 19.8. The van der Waals surface area contributed by atoms with E-state index >= 15 is 0 Å². The van der Waals surface area contributed by atoms with Gasteiger partial charge >= 0.3 is 0 Å². The third-order valence-corrected chi connectivity index (χ3v) is 3.98. The molecule has 2 N–H and O–H groups in total. The smallest absolute Gasteiger partial charge is 0.213 e. The van der Waals surface area contributed by atoms with Crippen LogP contribution in [0.2, 0.25) is 0 Å². The van der Waals surface area contributed by atoms with Crippen molar-refractivity contribution in [2.24, 2.45) is 4.99 Å². The molecule has 0 saturated heterocycles. The molecule has 1 aliphatic rings. The fourth-order valence-electron chi connectivity index (χ4n) is 2.70. The number of benzene rings is 1. The number of pyridine rings is 1. The molecule has 1 aliphatic heterocycles. The standard InChI is InChI=1S/C21H28N4O3.HI/c1-4-22-21(24-12-16-9-10-20(23-11-16)27-15(2)3)25-13-17-14-26-18-7-5-6-8-19(18)28-17;/h5-11,15,17H,4,12-14H2,1-3H3,(H2,22,24,25);1H. The Balaban J connectivity index is 0.00000300. The Bertz CT molecular complexity index is 784. The maximum atomic E-state index is 5.97. The molecule has 0 amide bonds. The molecule has 2 aromatic rings. The minimum absolute atomic E-state index is 0. The number of para-hydroxylation sites is 2. The van der Waals surface area contributed by atoms with Crippen LogP contribution in [0.3, 0.4) is 0 Å². The number of hydrogen-bond donors (Lipinski definition) is 2. The number of nitrogens with one attached hydrogen (secondary N) is 2. The van der Waals surface area contributed by atoms with Gasteiger partial charge < -0.3 is 24.8 Å². The summed E-state index contributed by atoms with van der Waals surface area (Å²) >= 11 is 0. The van der Waals surface area contributed by atoms with Gasteiger partial charge in [-0.15, -0.1) is 24.0 Å². The van der Waals surface area contributed by atoms with Gasteiger partial charge in [0.1, 0.15) is 12.7 Å². The predicted molar refractivity (Wildman–Crippen MR) is 125 cm³/mol. The van der Waals surface area contributed by atoms with E-state index in [-0.39, 0.29) is 36.2 Å². The number of fused-ring (bicyclic) bond motifs is 1. The first-order chi connectivity index (χ1) is 13.6. The van der Waals surface area contributed by atoms with E-state index in [4.69, 9.17) is 14.2 Å². The number of aromatic nitrogens is 1. The van der Waals surface area contributed by atoms with Crippen LogP contribution >= 0.6 is 24.0 Å². The summed E-state index contributed by atoms with van der Waals surface area (Å²) in [4.78, 5) is 8.93. The second-order valence-electron chi connectivity index (χ2n) is 6.74. The zero-order valence-electron chi connectivity index (χ0n) is 17.1. The van der Waals surface area contributed by atoms with E-state index in [0.717, 1.165) is 29.6 Å². The summed E-state index contributed by atoms with van der Waals surface area (Å²) in [7, 11) is 0. The van der Waals surface area contributed by atoms with Crippen LogP contribution in [0.4, 0.5) is 0 Å². The molecule has 3 rings (SSSR count). The number of aliphatic imine (C=N–C) groups is 1. The van der Waals surface area contributed by atoms with E-state index in [1.165, 1.54) is 0 Å². The number of hydrogen-bond acceptors (Lipinski definition) is 5. The lowest BCUT2D eigenvalue weighted by Crippen LogP contribution is -2.45. The summed E-state index contributed by atoms with van der Waals surface area (Å²) < 4.78 is 17.3. The third-order valence-electron chi connectivity index (χ3n) is 3.98. The van der Waals surface area contributed by atoms with Crippen molar-refractivity contribution in [1.29, 1.82) is 0 Å². The molecule has 0 bridgehead atoms. The number of nitrogens with zero attached hydrogens (tertiary/aromatic N) is 2. The highest BCUT2D eigenvalue weighted by molar-refractivity contribution is 14.0. The Hall–Kier alpha value is -2.23. The van der Waals surface area contributed by atoms with Gasteiger partial charge in [0.15, 0.2) is 17.5 Å². The molecular weight excluding hydrogens is 483 g/mol. The summed E-state index contributed by atoms with van der Waals surface area (Å²) in [5, 5.41) is 6.56. The second-order valence-corrected chi connectivity index (χ2v) is 6.74. The lowest BCUT2D eigenvalue weighted by atomic mass is 10.2. The summed E-state index contributed by atoms with van der Waals surface area (Å²) in [6.45, 7) is 8.39.